The number of carbonyl (C=O) groups is 2. The molecule has 0 heterocycles. The first kappa shape index (κ1) is 20.9. The highest BCUT2D eigenvalue weighted by Gasteiger charge is 2.33. The molecule has 28 heavy (non-hydrogen) atoms. The van der Waals surface area contributed by atoms with Crippen molar-refractivity contribution >= 4 is 39.3 Å². The summed E-state index contributed by atoms with van der Waals surface area (Å²) in [5.74, 6) is -0.593. The molecule has 1 N–H and O–H groups in total. The Labute approximate surface area is 179 Å². The van der Waals surface area contributed by atoms with Gasteiger partial charge in [-0.15, -0.1) is 11.6 Å². The van der Waals surface area contributed by atoms with Gasteiger partial charge in [0.2, 0.25) is 11.8 Å². The molecule has 4 nitrogen and oxygen atoms in total. The van der Waals surface area contributed by atoms with E-state index in [9.17, 15) is 9.59 Å². The van der Waals surface area contributed by atoms with Crippen molar-refractivity contribution in [3.05, 3.63) is 70.2 Å². The molecule has 3 rings (SSSR count). The largest absolute Gasteiger partial charge is 0.351 e. The van der Waals surface area contributed by atoms with Crippen LogP contribution >= 0.6 is 27.5 Å². The van der Waals surface area contributed by atoms with Gasteiger partial charge in [-0.1, -0.05) is 71.2 Å². The molecule has 2 aromatic carbocycles. The molecule has 1 fully saturated rings. The van der Waals surface area contributed by atoms with Crippen molar-refractivity contribution in [2.24, 2.45) is 0 Å². The molecule has 0 saturated heterocycles. The maximum Gasteiger partial charge on any atom is 0.247 e. The summed E-state index contributed by atoms with van der Waals surface area (Å²) in [6, 6.07) is 16.6. The Bertz CT molecular complexity index is 809. The minimum absolute atomic E-state index is 0.153. The molecule has 0 aromatic heterocycles. The van der Waals surface area contributed by atoms with Crippen molar-refractivity contribution < 1.29 is 9.59 Å². The van der Waals surface area contributed by atoms with Gasteiger partial charge in [0.1, 0.15) is 11.9 Å². The van der Waals surface area contributed by atoms with Gasteiger partial charge < -0.3 is 10.2 Å². The van der Waals surface area contributed by atoms with Crippen LogP contribution in [0.1, 0.15) is 42.9 Å². The number of nitrogens with zero attached hydrogens (tertiary/aromatic N) is 1. The standard InChI is InChI=1S/C22H24BrClN2O2/c23-18-10-6-9-17(13-18)21(22(28)25-19-11-4-5-12-19)26(20(27)14-24)15-16-7-2-1-3-8-16/h1-3,6-10,13,19,21H,4-5,11-12,14-15H2,(H,25,28). The first-order chi connectivity index (χ1) is 13.6. The lowest BCUT2D eigenvalue weighted by Crippen LogP contribution is -2.46. The predicted molar refractivity (Wildman–Crippen MR) is 115 cm³/mol. The highest BCUT2D eigenvalue weighted by atomic mass is 79.9. The number of alkyl halides is 1. The zero-order valence-corrected chi connectivity index (χ0v) is 18.0. The van der Waals surface area contributed by atoms with E-state index in [0.717, 1.165) is 41.3 Å². The molecular formula is C22H24BrClN2O2. The molecule has 148 valence electrons. The smallest absolute Gasteiger partial charge is 0.247 e. The lowest BCUT2D eigenvalue weighted by Gasteiger charge is -2.32. The third kappa shape index (κ3) is 5.36. The van der Waals surface area contributed by atoms with E-state index in [2.05, 4.69) is 21.2 Å². The Kier molecular flexibility index (Phi) is 7.51. The first-order valence-electron chi connectivity index (χ1n) is 9.53. The SMILES string of the molecule is O=C(NC1CCCC1)C(c1cccc(Br)c1)N(Cc1ccccc1)C(=O)CCl. The summed E-state index contributed by atoms with van der Waals surface area (Å²) in [6.07, 6.45) is 4.22. The number of amides is 2. The quantitative estimate of drug-likeness (QED) is 0.599. The molecule has 1 aliphatic rings. The van der Waals surface area contributed by atoms with Crippen LogP contribution in [0.3, 0.4) is 0 Å². The lowest BCUT2D eigenvalue weighted by atomic mass is 10.0. The van der Waals surface area contributed by atoms with Crippen LogP contribution in [-0.2, 0) is 16.1 Å². The van der Waals surface area contributed by atoms with E-state index in [1.165, 1.54) is 0 Å². The van der Waals surface area contributed by atoms with Gasteiger partial charge in [-0.2, -0.15) is 0 Å². The molecular weight excluding hydrogens is 440 g/mol. The Hall–Kier alpha value is -1.85. The van der Waals surface area contributed by atoms with Crippen LogP contribution in [0.25, 0.3) is 0 Å². The van der Waals surface area contributed by atoms with E-state index in [-0.39, 0.29) is 23.7 Å². The monoisotopic (exact) mass is 462 g/mol. The molecule has 0 aliphatic heterocycles. The van der Waals surface area contributed by atoms with Crippen molar-refractivity contribution in [1.29, 1.82) is 0 Å². The van der Waals surface area contributed by atoms with E-state index in [4.69, 9.17) is 11.6 Å². The number of hydrogen-bond acceptors (Lipinski definition) is 2. The molecule has 1 unspecified atom stereocenters. The van der Waals surface area contributed by atoms with E-state index in [1.807, 2.05) is 54.6 Å². The van der Waals surface area contributed by atoms with Crippen molar-refractivity contribution in [1.82, 2.24) is 10.2 Å². The van der Waals surface area contributed by atoms with Gasteiger partial charge in [0, 0.05) is 17.1 Å². The van der Waals surface area contributed by atoms with E-state index < -0.39 is 6.04 Å². The second-order valence-corrected chi connectivity index (χ2v) is 8.27. The van der Waals surface area contributed by atoms with E-state index in [1.54, 1.807) is 4.90 Å². The van der Waals surface area contributed by atoms with Gasteiger partial charge in [0.05, 0.1) is 0 Å². The third-order valence-corrected chi connectivity index (χ3v) is 5.78. The highest BCUT2D eigenvalue weighted by Crippen LogP contribution is 2.28. The number of halogens is 2. The molecule has 0 spiro atoms. The number of carbonyl (C=O) groups excluding carboxylic acids is 2. The Balaban J connectivity index is 1.95. The summed E-state index contributed by atoms with van der Waals surface area (Å²) < 4.78 is 0.863. The maximum absolute atomic E-state index is 13.3. The number of benzene rings is 2. The second kappa shape index (κ2) is 10.1. The molecule has 1 atom stereocenters. The minimum atomic E-state index is -0.732. The second-order valence-electron chi connectivity index (χ2n) is 7.09. The van der Waals surface area contributed by atoms with E-state index in [0.29, 0.717) is 6.54 Å². The van der Waals surface area contributed by atoms with Crippen LogP contribution in [0.2, 0.25) is 0 Å². The summed E-state index contributed by atoms with van der Waals surface area (Å²) in [4.78, 5) is 27.6. The molecule has 1 saturated carbocycles. The fourth-order valence-corrected chi connectivity index (χ4v) is 4.25. The normalized spacial score (nSPS) is 15.2. The number of nitrogens with one attached hydrogen (secondary N) is 1. The third-order valence-electron chi connectivity index (χ3n) is 5.06. The van der Waals surface area contributed by atoms with Gasteiger partial charge >= 0.3 is 0 Å². The number of rotatable bonds is 7. The Morgan fingerprint density at radius 1 is 1.11 bits per heavy atom. The summed E-state index contributed by atoms with van der Waals surface area (Å²) in [6.45, 7) is 0.321. The zero-order chi connectivity index (χ0) is 19.9. The average Bonchev–Trinajstić information content (AvgIpc) is 3.20. The van der Waals surface area contributed by atoms with Crippen molar-refractivity contribution in [3.63, 3.8) is 0 Å². The molecule has 2 amide bonds. The average molecular weight is 464 g/mol. The predicted octanol–water partition coefficient (Wildman–Crippen LogP) is 4.82. The molecule has 0 radical (unpaired) electrons. The molecule has 6 heteroatoms. The molecule has 0 bridgehead atoms. The van der Waals surface area contributed by atoms with Crippen LogP contribution in [0.4, 0.5) is 0 Å². The summed E-state index contributed by atoms with van der Waals surface area (Å²) in [7, 11) is 0. The fraction of sp³-hybridized carbons (Fsp3) is 0.364. The van der Waals surface area contributed by atoms with Crippen LogP contribution in [0, 0.1) is 0 Å². The van der Waals surface area contributed by atoms with E-state index >= 15 is 0 Å². The van der Waals surface area contributed by atoms with Gasteiger partial charge in [0.15, 0.2) is 0 Å². The fourth-order valence-electron chi connectivity index (χ4n) is 3.68. The summed E-state index contributed by atoms with van der Waals surface area (Å²) in [5, 5.41) is 3.15. The summed E-state index contributed by atoms with van der Waals surface area (Å²) >= 11 is 9.40. The molecule has 2 aromatic rings. The minimum Gasteiger partial charge on any atom is -0.351 e. The maximum atomic E-state index is 13.3. The van der Waals surface area contributed by atoms with Crippen molar-refractivity contribution in [2.45, 2.75) is 44.3 Å². The van der Waals surface area contributed by atoms with Crippen LogP contribution in [-0.4, -0.2) is 28.6 Å². The lowest BCUT2D eigenvalue weighted by molar-refractivity contribution is -0.140. The van der Waals surface area contributed by atoms with Crippen LogP contribution in [0.15, 0.2) is 59.1 Å². The first-order valence-corrected chi connectivity index (χ1v) is 10.9. The van der Waals surface area contributed by atoms with Crippen LogP contribution in [0.5, 0.6) is 0 Å². The van der Waals surface area contributed by atoms with Crippen molar-refractivity contribution in [2.75, 3.05) is 5.88 Å². The van der Waals surface area contributed by atoms with Gasteiger partial charge in [-0.05, 0) is 36.1 Å². The van der Waals surface area contributed by atoms with Crippen LogP contribution < -0.4 is 5.32 Å². The Morgan fingerprint density at radius 2 is 1.82 bits per heavy atom. The van der Waals surface area contributed by atoms with Gasteiger partial charge in [0.25, 0.3) is 0 Å². The van der Waals surface area contributed by atoms with Gasteiger partial charge in [-0.3, -0.25) is 9.59 Å². The highest BCUT2D eigenvalue weighted by molar-refractivity contribution is 9.10. The zero-order valence-electron chi connectivity index (χ0n) is 15.6. The number of hydrogen-bond donors (Lipinski definition) is 1. The van der Waals surface area contributed by atoms with Crippen molar-refractivity contribution in [3.8, 4) is 0 Å². The van der Waals surface area contributed by atoms with Gasteiger partial charge in [-0.25, -0.2) is 0 Å². The molecule has 1 aliphatic carbocycles. The summed E-state index contributed by atoms with van der Waals surface area (Å²) in [5.41, 5.74) is 1.72. The Morgan fingerprint density at radius 3 is 2.46 bits per heavy atom. The topological polar surface area (TPSA) is 49.4 Å².